The second-order valence-corrected chi connectivity index (χ2v) is 7.37. The van der Waals surface area contributed by atoms with Crippen molar-refractivity contribution in [3.8, 4) is 11.8 Å². The Kier molecular flexibility index (Phi) is 6.49. The summed E-state index contributed by atoms with van der Waals surface area (Å²) in [5, 5.41) is 10.1. The van der Waals surface area contributed by atoms with Gasteiger partial charge in [-0.3, -0.25) is 4.90 Å². The zero-order valence-corrected chi connectivity index (χ0v) is 17.6. The Balaban J connectivity index is 2.26. The minimum Gasteiger partial charge on any atom is -0.494 e. The number of hydrogen-bond donors (Lipinski definition) is 1. The Bertz CT molecular complexity index is 945. The Morgan fingerprint density at radius 2 is 2.07 bits per heavy atom. The number of fused-ring (bicyclic) bond motifs is 1. The first-order chi connectivity index (χ1) is 14.1. The molecule has 2 heterocycles. The summed E-state index contributed by atoms with van der Waals surface area (Å²) in [6.07, 6.45) is 1.43. The van der Waals surface area contributed by atoms with Crippen LogP contribution in [0.2, 0.25) is 0 Å². The fourth-order valence-electron chi connectivity index (χ4n) is 3.43. The van der Waals surface area contributed by atoms with Gasteiger partial charge in [-0.2, -0.15) is 5.26 Å². The highest BCUT2D eigenvalue weighted by molar-refractivity contribution is 8.17. The van der Waals surface area contributed by atoms with E-state index in [0.717, 1.165) is 12.0 Å². The lowest BCUT2D eigenvalue weighted by Gasteiger charge is -2.36. The highest BCUT2D eigenvalue weighted by atomic mass is 32.2. The maximum absolute atomic E-state index is 13.0. The van der Waals surface area contributed by atoms with E-state index >= 15 is 0 Å². The molecule has 0 fully saturated rings. The first kappa shape index (κ1) is 20.8. The molecule has 1 atom stereocenters. The summed E-state index contributed by atoms with van der Waals surface area (Å²) in [5.41, 5.74) is 8.19. The summed E-state index contributed by atoms with van der Waals surface area (Å²) in [6, 6.07) is 9.09. The molecule has 8 heteroatoms. The van der Waals surface area contributed by atoms with Crippen molar-refractivity contribution in [1.29, 1.82) is 5.26 Å². The van der Waals surface area contributed by atoms with E-state index in [1.54, 1.807) is 11.8 Å². The zero-order chi connectivity index (χ0) is 21.0. The minimum atomic E-state index is -0.579. The van der Waals surface area contributed by atoms with Gasteiger partial charge in [0, 0.05) is 5.56 Å². The van der Waals surface area contributed by atoms with Gasteiger partial charge in [-0.25, -0.2) is 9.79 Å². The van der Waals surface area contributed by atoms with Crippen molar-refractivity contribution in [3.63, 3.8) is 0 Å². The molecule has 7 nitrogen and oxygen atoms in total. The van der Waals surface area contributed by atoms with Gasteiger partial charge < -0.3 is 15.2 Å². The van der Waals surface area contributed by atoms with Gasteiger partial charge in [0.15, 0.2) is 5.17 Å². The van der Waals surface area contributed by atoms with E-state index in [0.29, 0.717) is 40.1 Å². The Labute approximate surface area is 174 Å². The van der Waals surface area contributed by atoms with Crippen LogP contribution >= 0.6 is 11.8 Å². The smallest absolute Gasteiger partial charge is 0.338 e. The number of para-hydroxylation sites is 1. The molecule has 1 aromatic carbocycles. The number of nitrogens with two attached hydrogens (primary N) is 1. The summed E-state index contributed by atoms with van der Waals surface area (Å²) in [7, 11) is 0. The Morgan fingerprint density at radius 3 is 2.72 bits per heavy atom. The number of rotatable bonds is 7. The second kappa shape index (κ2) is 9.05. The highest BCUT2D eigenvalue weighted by Gasteiger charge is 2.44. The molecule has 0 unspecified atom stereocenters. The first-order valence-electron chi connectivity index (χ1n) is 9.64. The molecule has 0 aliphatic carbocycles. The highest BCUT2D eigenvalue weighted by Crippen LogP contribution is 2.48. The summed E-state index contributed by atoms with van der Waals surface area (Å²) in [4.78, 5) is 19.8. The summed E-state index contributed by atoms with van der Waals surface area (Å²) in [5.74, 6) is 0.505. The number of esters is 1. The number of hydrogen-bond acceptors (Lipinski definition) is 8. The molecular weight excluding hydrogens is 388 g/mol. The van der Waals surface area contributed by atoms with Crippen LogP contribution in [0.15, 0.2) is 51.3 Å². The number of carbonyl (C=O) groups is 1. The lowest BCUT2D eigenvalue weighted by Crippen LogP contribution is -2.39. The van der Waals surface area contributed by atoms with Crippen molar-refractivity contribution in [2.24, 2.45) is 10.7 Å². The summed E-state index contributed by atoms with van der Waals surface area (Å²) < 4.78 is 11.2. The fraction of sp³-hybridized carbons (Fsp3) is 0.381. The summed E-state index contributed by atoms with van der Waals surface area (Å²) in [6.45, 7) is 6.44. The topological polar surface area (TPSA) is 101 Å². The molecule has 1 aromatic rings. The van der Waals surface area contributed by atoms with Crippen LogP contribution in [0.3, 0.4) is 0 Å². The number of ether oxygens (including phenoxy) is 2. The average molecular weight is 413 g/mol. The van der Waals surface area contributed by atoms with Crippen molar-refractivity contribution >= 4 is 22.9 Å². The molecule has 2 aliphatic rings. The molecule has 2 aliphatic heterocycles. The van der Waals surface area contributed by atoms with Crippen molar-refractivity contribution < 1.29 is 14.3 Å². The van der Waals surface area contributed by atoms with Crippen LogP contribution in [0.25, 0.3) is 0 Å². The predicted molar refractivity (Wildman–Crippen MR) is 113 cm³/mol. The number of benzene rings is 1. The molecule has 0 aromatic heterocycles. The van der Waals surface area contributed by atoms with E-state index < -0.39 is 12.0 Å². The van der Waals surface area contributed by atoms with E-state index in [-0.39, 0.29) is 12.4 Å². The molecule has 29 heavy (non-hydrogen) atoms. The third-order valence-corrected chi connectivity index (χ3v) is 5.54. The zero-order valence-electron chi connectivity index (χ0n) is 16.8. The fourth-order valence-corrected chi connectivity index (χ4v) is 4.32. The SMILES string of the molecule is CCCC1=C(C(=O)OCC)[C@H](c2ccccc2OCC)N2C(=N1)SC(C#N)=C2N. The van der Waals surface area contributed by atoms with E-state index in [9.17, 15) is 10.1 Å². The van der Waals surface area contributed by atoms with Gasteiger partial charge in [-0.05, 0) is 38.1 Å². The Hall–Kier alpha value is -2.92. The maximum Gasteiger partial charge on any atom is 0.338 e. The molecule has 152 valence electrons. The van der Waals surface area contributed by atoms with Gasteiger partial charge in [-0.1, -0.05) is 31.5 Å². The van der Waals surface area contributed by atoms with E-state index in [1.807, 2.05) is 38.1 Å². The third kappa shape index (κ3) is 3.83. The first-order valence-corrected chi connectivity index (χ1v) is 10.5. The number of amidine groups is 1. The van der Waals surface area contributed by atoms with Crippen LogP contribution in [-0.4, -0.2) is 29.3 Å². The largest absolute Gasteiger partial charge is 0.494 e. The molecule has 0 spiro atoms. The van der Waals surface area contributed by atoms with E-state index in [2.05, 4.69) is 11.1 Å². The molecule has 0 bridgehead atoms. The second-order valence-electron chi connectivity index (χ2n) is 6.40. The van der Waals surface area contributed by atoms with Crippen molar-refractivity contribution in [3.05, 3.63) is 51.8 Å². The predicted octanol–water partition coefficient (Wildman–Crippen LogP) is 3.81. The van der Waals surface area contributed by atoms with E-state index in [4.69, 9.17) is 15.2 Å². The standard InChI is InChI=1S/C21H24N4O3S/c1-4-9-14-17(20(26)28-6-3)18(13-10-7-8-11-15(13)27-5-2)25-19(23)16(12-22)29-21(25)24-14/h7-8,10-11,18H,4-6,9,23H2,1-3H3/t18-/m0/s1. The normalized spacial score (nSPS) is 18.3. The number of nitriles is 1. The number of thioether (sulfide) groups is 1. The van der Waals surface area contributed by atoms with Gasteiger partial charge in [0.1, 0.15) is 28.6 Å². The summed E-state index contributed by atoms with van der Waals surface area (Å²) >= 11 is 1.22. The van der Waals surface area contributed by atoms with Crippen molar-refractivity contribution in [1.82, 2.24) is 4.90 Å². The van der Waals surface area contributed by atoms with Gasteiger partial charge >= 0.3 is 5.97 Å². The molecule has 3 rings (SSSR count). The van der Waals surface area contributed by atoms with Crippen molar-refractivity contribution in [2.45, 2.75) is 39.7 Å². The lowest BCUT2D eigenvalue weighted by molar-refractivity contribution is -0.139. The molecule has 0 saturated heterocycles. The van der Waals surface area contributed by atoms with Crippen LogP contribution in [0.5, 0.6) is 5.75 Å². The lowest BCUT2D eigenvalue weighted by atomic mass is 9.92. The minimum absolute atomic E-state index is 0.252. The maximum atomic E-state index is 13.0. The molecule has 0 radical (unpaired) electrons. The van der Waals surface area contributed by atoms with Crippen LogP contribution in [0.1, 0.15) is 45.2 Å². The molecule has 2 N–H and O–H groups in total. The van der Waals surface area contributed by atoms with Crippen molar-refractivity contribution in [2.75, 3.05) is 13.2 Å². The molecular formula is C21H24N4O3S. The Morgan fingerprint density at radius 1 is 1.31 bits per heavy atom. The van der Waals surface area contributed by atoms with Gasteiger partial charge in [-0.15, -0.1) is 0 Å². The number of allylic oxidation sites excluding steroid dienone is 2. The van der Waals surface area contributed by atoms with E-state index in [1.165, 1.54) is 11.8 Å². The monoisotopic (exact) mass is 412 g/mol. The number of carbonyl (C=O) groups excluding carboxylic acids is 1. The third-order valence-electron chi connectivity index (χ3n) is 4.56. The van der Waals surface area contributed by atoms with Gasteiger partial charge in [0.2, 0.25) is 0 Å². The number of aliphatic imine (C=N–C) groups is 1. The van der Waals surface area contributed by atoms with Crippen LogP contribution in [0.4, 0.5) is 0 Å². The number of nitrogens with zero attached hydrogens (tertiary/aromatic N) is 3. The molecule has 0 saturated carbocycles. The van der Waals surface area contributed by atoms with Crippen LogP contribution in [0, 0.1) is 11.3 Å². The van der Waals surface area contributed by atoms with Crippen LogP contribution < -0.4 is 10.5 Å². The van der Waals surface area contributed by atoms with Gasteiger partial charge in [0.05, 0.1) is 24.5 Å². The van der Waals surface area contributed by atoms with Crippen LogP contribution in [-0.2, 0) is 9.53 Å². The average Bonchev–Trinajstić information content (AvgIpc) is 3.03. The quantitative estimate of drug-likeness (QED) is 0.680. The van der Waals surface area contributed by atoms with Gasteiger partial charge in [0.25, 0.3) is 0 Å². The molecule has 0 amide bonds.